The molecule has 0 saturated carbocycles. The molecule has 3 heterocycles. The smallest absolute Gasteiger partial charge is 0.426 e. The first-order valence-corrected chi connectivity index (χ1v) is 9.27. The molecule has 158 valence electrons. The number of alkyl halides is 3. The van der Waals surface area contributed by atoms with Crippen LogP contribution >= 0.6 is 0 Å². The predicted molar refractivity (Wildman–Crippen MR) is 101 cm³/mol. The number of nitrogens with zero attached hydrogens (tertiary/aromatic N) is 3. The van der Waals surface area contributed by atoms with Gasteiger partial charge < -0.3 is 20.0 Å². The molecular weight excluding hydrogens is 401 g/mol. The van der Waals surface area contributed by atoms with Crippen LogP contribution in [0.5, 0.6) is 11.6 Å². The van der Waals surface area contributed by atoms with Crippen LogP contribution in [-0.2, 0) is 5.60 Å². The van der Waals surface area contributed by atoms with Gasteiger partial charge in [-0.2, -0.15) is 13.2 Å². The van der Waals surface area contributed by atoms with Crippen LogP contribution in [0.3, 0.4) is 0 Å². The van der Waals surface area contributed by atoms with Crippen molar-refractivity contribution in [3.63, 3.8) is 0 Å². The molecule has 0 amide bonds. The van der Waals surface area contributed by atoms with Gasteiger partial charge in [-0.05, 0) is 49.4 Å². The quantitative estimate of drug-likeness (QED) is 0.553. The van der Waals surface area contributed by atoms with E-state index >= 15 is 0 Å². The van der Waals surface area contributed by atoms with E-state index in [1.54, 1.807) is 44.2 Å². The number of aromatic nitrogens is 3. The Bertz CT molecular complexity index is 1100. The van der Waals surface area contributed by atoms with Gasteiger partial charge in [-0.1, -0.05) is 19.1 Å². The molecule has 2 aromatic heterocycles. The topological polar surface area (TPSA) is 107 Å². The lowest BCUT2D eigenvalue weighted by Gasteiger charge is -2.28. The van der Waals surface area contributed by atoms with Gasteiger partial charge in [0, 0.05) is 5.56 Å². The minimum Gasteiger partial charge on any atom is -0.439 e. The van der Waals surface area contributed by atoms with E-state index in [4.69, 9.17) is 14.9 Å². The Hall–Kier alpha value is -3.14. The highest BCUT2D eigenvalue weighted by Crippen LogP contribution is 2.44. The van der Waals surface area contributed by atoms with Gasteiger partial charge in [-0.25, -0.2) is 4.98 Å². The molecule has 0 radical (unpaired) electrons. The molecule has 0 aliphatic carbocycles. The third-order valence-electron chi connectivity index (χ3n) is 5.23. The van der Waals surface area contributed by atoms with Crippen LogP contribution < -0.4 is 10.5 Å². The maximum absolute atomic E-state index is 13.8. The molecule has 0 saturated heterocycles. The van der Waals surface area contributed by atoms with E-state index in [0.717, 1.165) is 5.56 Å². The van der Waals surface area contributed by atoms with Crippen LogP contribution in [0.15, 0.2) is 34.7 Å². The second-order valence-corrected chi connectivity index (χ2v) is 7.43. The average molecular weight is 420 g/mol. The summed E-state index contributed by atoms with van der Waals surface area (Å²) in [5.74, 6) is -0.920. The summed E-state index contributed by atoms with van der Waals surface area (Å²) in [6.07, 6.45) is -5.66. The first-order valence-electron chi connectivity index (χ1n) is 9.27. The fourth-order valence-electron chi connectivity index (χ4n) is 3.34. The Kier molecular flexibility index (Phi) is 4.69. The van der Waals surface area contributed by atoms with Gasteiger partial charge in [0.2, 0.25) is 11.5 Å². The summed E-state index contributed by atoms with van der Waals surface area (Å²) in [6.45, 7) is 3.51. The van der Waals surface area contributed by atoms with Gasteiger partial charge in [0.05, 0.1) is 5.69 Å². The minimum atomic E-state index is -5.02. The molecule has 4 rings (SSSR count). The van der Waals surface area contributed by atoms with Gasteiger partial charge >= 0.3 is 6.18 Å². The number of hydrogen-bond donors (Lipinski definition) is 2. The molecule has 10 heteroatoms. The maximum atomic E-state index is 13.8. The van der Waals surface area contributed by atoms with Gasteiger partial charge in [-0.15, -0.1) is 10.2 Å². The molecule has 7 nitrogen and oxygen atoms in total. The summed E-state index contributed by atoms with van der Waals surface area (Å²) in [5, 5.41) is 17.7. The molecule has 2 unspecified atom stereocenters. The number of ether oxygens (including phenoxy) is 1. The number of pyridine rings is 1. The number of nitrogens with two attached hydrogens (primary N) is 1. The van der Waals surface area contributed by atoms with Gasteiger partial charge in [0.15, 0.2) is 5.69 Å². The lowest BCUT2D eigenvalue weighted by molar-refractivity contribution is -0.277. The Morgan fingerprint density at radius 2 is 2.00 bits per heavy atom. The highest BCUT2D eigenvalue weighted by atomic mass is 19.4. The summed E-state index contributed by atoms with van der Waals surface area (Å²) in [6, 6.07) is 8.54. The molecule has 1 aliphatic heterocycles. The normalized spacial score (nSPS) is 21.6. The summed E-state index contributed by atoms with van der Waals surface area (Å²) < 4.78 is 52.6. The molecule has 2 atom stereocenters. The monoisotopic (exact) mass is 420 g/mol. The largest absolute Gasteiger partial charge is 0.439 e. The third-order valence-corrected chi connectivity index (χ3v) is 5.23. The van der Waals surface area contributed by atoms with Crippen molar-refractivity contribution in [2.75, 3.05) is 5.73 Å². The Labute approximate surface area is 169 Å². The SMILES string of the molecule is Cc1cc(N)c2nc1Oc1cccc(c1)C(C)CCC(O)(C(F)(F)F)c1nnc-2o1. The molecule has 0 spiro atoms. The van der Waals surface area contributed by atoms with Crippen molar-refractivity contribution in [3.8, 4) is 23.2 Å². The summed E-state index contributed by atoms with van der Waals surface area (Å²) in [5.41, 5.74) is 4.15. The lowest BCUT2D eigenvalue weighted by Crippen LogP contribution is -2.43. The molecule has 6 bridgehead atoms. The van der Waals surface area contributed by atoms with Crippen molar-refractivity contribution < 1.29 is 27.4 Å². The molecule has 0 fully saturated rings. The number of benzene rings is 1. The number of anilines is 1. The Morgan fingerprint density at radius 3 is 2.73 bits per heavy atom. The summed E-state index contributed by atoms with van der Waals surface area (Å²) in [4.78, 5) is 4.28. The highest BCUT2D eigenvalue weighted by molar-refractivity contribution is 5.68. The van der Waals surface area contributed by atoms with Crippen LogP contribution in [0.25, 0.3) is 11.6 Å². The molecule has 1 aliphatic rings. The van der Waals surface area contributed by atoms with Crippen molar-refractivity contribution in [1.82, 2.24) is 15.2 Å². The van der Waals surface area contributed by atoms with Gasteiger partial charge in [0.1, 0.15) is 5.75 Å². The number of aryl methyl sites for hydroxylation is 1. The number of rotatable bonds is 0. The predicted octanol–water partition coefficient (Wildman–Crippen LogP) is 4.46. The summed E-state index contributed by atoms with van der Waals surface area (Å²) >= 11 is 0. The van der Waals surface area contributed by atoms with E-state index in [2.05, 4.69) is 15.2 Å². The zero-order chi connectivity index (χ0) is 21.7. The Morgan fingerprint density at radius 1 is 1.23 bits per heavy atom. The zero-order valence-corrected chi connectivity index (χ0v) is 16.2. The molecule has 3 N–H and O–H groups in total. The fourth-order valence-corrected chi connectivity index (χ4v) is 3.34. The van der Waals surface area contributed by atoms with Crippen molar-refractivity contribution >= 4 is 5.69 Å². The van der Waals surface area contributed by atoms with E-state index in [0.29, 0.717) is 11.3 Å². The van der Waals surface area contributed by atoms with Crippen LogP contribution in [-0.4, -0.2) is 26.5 Å². The number of nitrogen functional groups attached to an aromatic ring is 1. The van der Waals surface area contributed by atoms with Crippen molar-refractivity contribution in [2.45, 2.75) is 44.4 Å². The molecule has 3 aromatic rings. The van der Waals surface area contributed by atoms with Crippen molar-refractivity contribution in [3.05, 3.63) is 47.3 Å². The molecule has 1 aromatic carbocycles. The van der Waals surface area contributed by atoms with E-state index in [9.17, 15) is 18.3 Å². The van der Waals surface area contributed by atoms with E-state index in [-0.39, 0.29) is 35.5 Å². The number of hydrogen-bond acceptors (Lipinski definition) is 7. The third kappa shape index (κ3) is 3.36. The van der Waals surface area contributed by atoms with Crippen LogP contribution in [0.4, 0.5) is 18.9 Å². The average Bonchev–Trinajstić information content (AvgIpc) is 3.17. The lowest BCUT2D eigenvalue weighted by atomic mass is 9.88. The highest BCUT2D eigenvalue weighted by Gasteiger charge is 2.58. The second-order valence-electron chi connectivity index (χ2n) is 7.43. The standard InChI is InChI=1S/C20H19F3N4O3/c1-10-6-7-19(28,20(21,22)23)18-27-26-17(30-18)15-14(24)8-11(2)16(25-15)29-13-5-3-4-12(10)9-13/h3-5,8-10,28H,6-7,24H2,1-2H3. The maximum Gasteiger partial charge on any atom is 0.426 e. The van der Waals surface area contributed by atoms with Crippen LogP contribution in [0, 0.1) is 6.92 Å². The van der Waals surface area contributed by atoms with E-state index < -0.39 is 24.1 Å². The minimum absolute atomic E-state index is 0.0158. The van der Waals surface area contributed by atoms with Crippen molar-refractivity contribution in [2.24, 2.45) is 0 Å². The summed E-state index contributed by atoms with van der Waals surface area (Å²) in [7, 11) is 0. The first kappa shape index (κ1) is 20.1. The molecule has 30 heavy (non-hydrogen) atoms. The van der Waals surface area contributed by atoms with Crippen LogP contribution in [0.1, 0.15) is 42.7 Å². The van der Waals surface area contributed by atoms with Crippen molar-refractivity contribution in [1.29, 1.82) is 0 Å². The Balaban J connectivity index is 1.93. The van der Waals surface area contributed by atoms with Crippen LogP contribution in [0.2, 0.25) is 0 Å². The second kappa shape index (κ2) is 6.98. The van der Waals surface area contributed by atoms with E-state index in [1.165, 1.54) is 0 Å². The fraction of sp³-hybridized carbons (Fsp3) is 0.350. The molecular formula is C20H19F3N4O3. The number of halogens is 3. The van der Waals surface area contributed by atoms with Gasteiger partial charge in [-0.3, -0.25) is 0 Å². The number of aliphatic hydroxyl groups is 1. The van der Waals surface area contributed by atoms with E-state index in [1.807, 2.05) is 0 Å². The van der Waals surface area contributed by atoms with Gasteiger partial charge in [0.25, 0.3) is 11.8 Å². The zero-order valence-electron chi connectivity index (χ0n) is 16.2. The number of fused-ring (bicyclic) bond motifs is 7. The first-order chi connectivity index (χ1) is 14.1.